The second-order valence-corrected chi connectivity index (χ2v) is 3.19. The van der Waals surface area contributed by atoms with Gasteiger partial charge in [0.05, 0.1) is 18.1 Å². The normalized spacial score (nSPS) is 33.5. The van der Waals surface area contributed by atoms with E-state index >= 15 is 0 Å². The molecule has 0 radical (unpaired) electrons. The first-order chi connectivity index (χ1) is 6.15. The summed E-state index contributed by atoms with van der Waals surface area (Å²) in [5.74, 6) is -1.37. The number of aliphatic hydroxyl groups is 1. The van der Waals surface area contributed by atoms with E-state index in [1.165, 1.54) is 0 Å². The smallest absolute Gasteiger partial charge is 0.306 e. The third-order valence-electron chi connectivity index (χ3n) is 2.33. The van der Waals surface area contributed by atoms with E-state index in [0.29, 0.717) is 12.8 Å². The van der Waals surface area contributed by atoms with Crippen molar-refractivity contribution in [2.24, 2.45) is 11.0 Å². The van der Waals surface area contributed by atoms with E-state index in [4.69, 9.17) is 10.6 Å². The van der Waals surface area contributed by atoms with Crippen LogP contribution >= 0.6 is 0 Å². The van der Waals surface area contributed by atoms with Crippen LogP contribution in [0.25, 0.3) is 10.4 Å². The lowest BCUT2D eigenvalue weighted by atomic mass is 9.84. The first-order valence-electron chi connectivity index (χ1n) is 4.10. The van der Waals surface area contributed by atoms with Crippen molar-refractivity contribution in [3.63, 3.8) is 0 Å². The van der Waals surface area contributed by atoms with Crippen molar-refractivity contribution >= 4 is 5.97 Å². The van der Waals surface area contributed by atoms with Crippen molar-refractivity contribution in [1.82, 2.24) is 0 Å². The van der Waals surface area contributed by atoms with Gasteiger partial charge < -0.3 is 10.2 Å². The Bertz CT molecular complexity index is 249. The second kappa shape index (κ2) is 4.11. The van der Waals surface area contributed by atoms with Gasteiger partial charge in [-0.05, 0) is 24.8 Å². The van der Waals surface area contributed by atoms with Crippen LogP contribution in [0.1, 0.15) is 19.3 Å². The minimum atomic E-state index is -0.884. The highest BCUT2D eigenvalue weighted by atomic mass is 16.4. The molecule has 1 aliphatic rings. The third-order valence-corrected chi connectivity index (χ3v) is 2.33. The molecule has 0 aliphatic heterocycles. The number of carboxylic acids is 1. The summed E-state index contributed by atoms with van der Waals surface area (Å²) in [4.78, 5) is 13.2. The molecule has 72 valence electrons. The highest BCUT2D eigenvalue weighted by Crippen LogP contribution is 2.26. The van der Waals surface area contributed by atoms with E-state index in [9.17, 15) is 9.90 Å². The molecule has 0 aromatic heterocycles. The van der Waals surface area contributed by atoms with Gasteiger partial charge >= 0.3 is 5.97 Å². The van der Waals surface area contributed by atoms with Gasteiger partial charge in [0.2, 0.25) is 0 Å². The highest BCUT2D eigenvalue weighted by molar-refractivity contribution is 5.70. The van der Waals surface area contributed by atoms with Crippen LogP contribution in [-0.2, 0) is 4.79 Å². The maximum atomic E-state index is 10.6. The van der Waals surface area contributed by atoms with Gasteiger partial charge in [-0.1, -0.05) is 5.11 Å². The van der Waals surface area contributed by atoms with Crippen LogP contribution in [0.5, 0.6) is 0 Å². The van der Waals surface area contributed by atoms with Gasteiger partial charge in [-0.25, -0.2) is 0 Å². The van der Waals surface area contributed by atoms with Crippen LogP contribution < -0.4 is 0 Å². The molecular formula is C7H11N3O3. The van der Waals surface area contributed by atoms with Gasteiger partial charge in [0.15, 0.2) is 0 Å². The predicted octanol–water partition coefficient (Wildman–Crippen LogP) is 0.911. The standard InChI is InChI=1S/C7H11N3O3/c8-10-9-5-3-4(7(12)13)1-2-6(5)11/h4-6,11H,1-3H2,(H,12,13). The molecule has 0 saturated heterocycles. The summed E-state index contributed by atoms with van der Waals surface area (Å²) in [6.07, 6.45) is 0.390. The molecule has 6 heteroatoms. The Hall–Kier alpha value is -1.26. The highest BCUT2D eigenvalue weighted by Gasteiger charge is 2.31. The van der Waals surface area contributed by atoms with Gasteiger partial charge in [0, 0.05) is 4.91 Å². The fraction of sp³-hybridized carbons (Fsp3) is 0.857. The largest absolute Gasteiger partial charge is 0.481 e. The van der Waals surface area contributed by atoms with Crippen LogP contribution in [0, 0.1) is 5.92 Å². The number of rotatable bonds is 2. The average Bonchev–Trinajstić information content (AvgIpc) is 2.08. The van der Waals surface area contributed by atoms with Gasteiger partial charge in [-0.2, -0.15) is 0 Å². The molecular weight excluding hydrogens is 174 g/mol. The molecule has 1 saturated carbocycles. The average molecular weight is 185 g/mol. The molecule has 0 aromatic rings. The van der Waals surface area contributed by atoms with Crippen molar-refractivity contribution in [3.05, 3.63) is 10.4 Å². The molecule has 0 spiro atoms. The lowest BCUT2D eigenvalue weighted by molar-refractivity contribution is -0.143. The third kappa shape index (κ3) is 2.34. The van der Waals surface area contributed by atoms with Crippen LogP contribution in [0.4, 0.5) is 0 Å². The first kappa shape index (κ1) is 9.83. The Kier molecular flexibility index (Phi) is 3.11. The summed E-state index contributed by atoms with van der Waals surface area (Å²) in [5.41, 5.74) is 8.16. The number of carbonyl (C=O) groups is 1. The molecule has 1 fully saturated rings. The summed E-state index contributed by atoms with van der Waals surface area (Å²) in [7, 11) is 0. The van der Waals surface area contributed by atoms with Crippen molar-refractivity contribution < 1.29 is 15.0 Å². The topological polar surface area (TPSA) is 106 Å². The molecule has 3 atom stereocenters. The van der Waals surface area contributed by atoms with Crippen LogP contribution in [0.2, 0.25) is 0 Å². The zero-order chi connectivity index (χ0) is 9.84. The molecule has 3 unspecified atom stereocenters. The Morgan fingerprint density at radius 1 is 1.54 bits per heavy atom. The van der Waals surface area contributed by atoms with Crippen molar-refractivity contribution in [1.29, 1.82) is 0 Å². The van der Waals surface area contributed by atoms with Gasteiger partial charge in [-0.3, -0.25) is 4.79 Å². The van der Waals surface area contributed by atoms with Crippen molar-refractivity contribution in [2.75, 3.05) is 0 Å². The van der Waals surface area contributed by atoms with E-state index < -0.39 is 24.0 Å². The van der Waals surface area contributed by atoms with E-state index in [2.05, 4.69) is 10.0 Å². The summed E-state index contributed by atoms with van der Waals surface area (Å²) >= 11 is 0. The Morgan fingerprint density at radius 3 is 2.77 bits per heavy atom. The first-order valence-corrected chi connectivity index (χ1v) is 4.10. The summed E-state index contributed by atoms with van der Waals surface area (Å²) in [6.45, 7) is 0. The lowest BCUT2D eigenvalue weighted by Crippen LogP contribution is -2.34. The molecule has 1 rings (SSSR count). The zero-order valence-corrected chi connectivity index (χ0v) is 7.00. The lowest BCUT2D eigenvalue weighted by Gasteiger charge is -2.27. The monoisotopic (exact) mass is 185 g/mol. The van der Waals surface area contributed by atoms with Crippen LogP contribution in [0.15, 0.2) is 5.11 Å². The van der Waals surface area contributed by atoms with Crippen molar-refractivity contribution in [2.45, 2.75) is 31.4 Å². The van der Waals surface area contributed by atoms with Crippen LogP contribution in [-0.4, -0.2) is 28.3 Å². The Balaban J connectivity index is 2.62. The number of aliphatic carboxylic acids is 1. The van der Waals surface area contributed by atoms with Gasteiger partial charge in [0.1, 0.15) is 0 Å². The fourth-order valence-corrected chi connectivity index (χ4v) is 1.55. The SMILES string of the molecule is [N-]=[N+]=NC1CC(C(=O)O)CCC1O. The molecule has 0 amide bonds. The number of azide groups is 1. The number of carboxylic acid groups (broad SMARTS) is 1. The molecule has 1 aliphatic carbocycles. The Labute approximate surface area is 74.8 Å². The van der Waals surface area contributed by atoms with E-state index in [1.54, 1.807) is 0 Å². The minimum absolute atomic E-state index is 0.237. The number of hydrogen-bond donors (Lipinski definition) is 2. The van der Waals surface area contributed by atoms with Crippen molar-refractivity contribution in [3.8, 4) is 0 Å². The summed E-state index contributed by atoms with van der Waals surface area (Å²) in [5, 5.41) is 21.4. The number of hydrogen-bond acceptors (Lipinski definition) is 3. The number of aliphatic hydroxyl groups excluding tert-OH is 1. The second-order valence-electron chi connectivity index (χ2n) is 3.19. The molecule has 2 N–H and O–H groups in total. The summed E-state index contributed by atoms with van der Waals surface area (Å²) in [6, 6.07) is -0.583. The maximum Gasteiger partial charge on any atom is 0.306 e. The zero-order valence-electron chi connectivity index (χ0n) is 7.00. The summed E-state index contributed by atoms with van der Waals surface area (Å²) < 4.78 is 0. The molecule has 0 aromatic carbocycles. The molecule has 6 nitrogen and oxygen atoms in total. The number of nitrogens with zero attached hydrogens (tertiary/aromatic N) is 3. The van der Waals surface area contributed by atoms with E-state index in [-0.39, 0.29) is 6.42 Å². The predicted molar refractivity (Wildman–Crippen MR) is 43.9 cm³/mol. The van der Waals surface area contributed by atoms with E-state index in [0.717, 1.165) is 0 Å². The minimum Gasteiger partial charge on any atom is -0.481 e. The Morgan fingerprint density at radius 2 is 2.23 bits per heavy atom. The maximum absolute atomic E-state index is 10.6. The van der Waals surface area contributed by atoms with Crippen LogP contribution in [0.3, 0.4) is 0 Å². The quantitative estimate of drug-likeness (QED) is 0.379. The van der Waals surface area contributed by atoms with Gasteiger partial charge in [-0.15, -0.1) is 0 Å². The van der Waals surface area contributed by atoms with Gasteiger partial charge in [0.25, 0.3) is 0 Å². The fourth-order valence-electron chi connectivity index (χ4n) is 1.55. The molecule has 0 bridgehead atoms. The van der Waals surface area contributed by atoms with E-state index in [1.807, 2.05) is 0 Å². The molecule has 13 heavy (non-hydrogen) atoms. The molecule has 0 heterocycles.